The van der Waals surface area contributed by atoms with E-state index in [9.17, 15) is 14.4 Å². The van der Waals surface area contributed by atoms with Gasteiger partial charge in [0.25, 0.3) is 11.8 Å². The van der Waals surface area contributed by atoms with Crippen molar-refractivity contribution in [3.05, 3.63) is 12.2 Å². The van der Waals surface area contributed by atoms with E-state index < -0.39 is 17.6 Å². The van der Waals surface area contributed by atoms with E-state index in [4.69, 9.17) is 0 Å². The van der Waals surface area contributed by atoms with Crippen LogP contribution in [-0.4, -0.2) is 17.6 Å². The minimum absolute atomic E-state index is 0.542. The van der Waals surface area contributed by atoms with E-state index in [1.54, 1.807) is 0 Å². The standard InChI is InChI=1S/C5H3NO3/c7-3-1-2-4(8)6-5(3)9/h1-2H,(H,6,8,9). The van der Waals surface area contributed by atoms with Gasteiger partial charge in [0.05, 0.1) is 0 Å². The Morgan fingerprint density at radius 2 is 1.78 bits per heavy atom. The van der Waals surface area contributed by atoms with Gasteiger partial charge in [0.2, 0.25) is 5.78 Å². The SMILES string of the molecule is O=C1C=CC(=O)C(=O)N1. The van der Waals surface area contributed by atoms with Gasteiger partial charge in [-0.1, -0.05) is 0 Å². The molecule has 0 spiro atoms. The van der Waals surface area contributed by atoms with Crippen molar-refractivity contribution < 1.29 is 14.4 Å². The third-order valence-electron chi connectivity index (χ3n) is 0.847. The Kier molecular flexibility index (Phi) is 1.14. The molecule has 1 N–H and O–H groups in total. The molecular weight excluding hydrogens is 122 g/mol. The maximum atomic E-state index is 10.3. The highest BCUT2D eigenvalue weighted by Crippen LogP contribution is 1.85. The maximum absolute atomic E-state index is 10.3. The zero-order valence-electron chi connectivity index (χ0n) is 4.38. The van der Waals surface area contributed by atoms with Crippen molar-refractivity contribution in [3.8, 4) is 0 Å². The average Bonchev–Trinajstić information content (AvgIpc) is 1.80. The number of amides is 2. The largest absolute Gasteiger partial charge is 0.298 e. The van der Waals surface area contributed by atoms with Crippen LogP contribution in [0.4, 0.5) is 0 Å². The lowest BCUT2D eigenvalue weighted by atomic mass is 10.2. The number of carbonyl (C=O) groups excluding carboxylic acids is 3. The van der Waals surface area contributed by atoms with Gasteiger partial charge in [-0.25, -0.2) is 0 Å². The van der Waals surface area contributed by atoms with Crippen LogP contribution in [0.25, 0.3) is 0 Å². The second-order valence-corrected chi connectivity index (χ2v) is 1.52. The molecule has 9 heavy (non-hydrogen) atoms. The summed E-state index contributed by atoms with van der Waals surface area (Å²) in [7, 11) is 0. The number of ketones is 1. The Bertz CT molecular complexity index is 216. The first-order valence-electron chi connectivity index (χ1n) is 2.27. The van der Waals surface area contributed by atoms with Gasteiger partial charge in [-0.2, -0.15) is 0 Å². The van der Waals surface area contributed by atoms with Crippen molar-refractivity contribution in [3.63, 3.8) is 0 Å². The van der Waals surface area contributed by atoms with Gasteiger partial charge >= 0.3 is 0 Å². The normalized spacial score (nSPS) is 18.0. The highest BCUT2D eigenvalue weighted by Gasteiger charge is 2.16. The summed E-state index contributed by atoms with van der Waals surface area (Å²) in [5, 5.41) is 1.81. The third kappa shape index (κ3) is 1.02. The van der Waals surface area contributed by atoms with Crippen LogP contribution in [0.2, 0.25) is 0 Å². The molecule has 2 amide bonds. The summed E-state index contributed by atoms with van der Waals surface area (Å²) in [6, 6.07) is 0. The van der Waals surface area contributed by atoms with Crippen LogP contribution in [0.3, 0.4) is 0 Å². The summed E-state index contributed by atoms with van der Waals surface area (Å²) in [5.41, 5.74) is 0. The Labute approximate surface area is 50.5 Å². The predicted octanol–water partition coefficient (Wildman–Crippen LogP) is -1.23. The van der Waals surface area contributed by atoms with E-state index in [1.807, 2.05) is 5.32 Å². The summed E-state index contributed by atoms with van der Waals surface area (Å²) < 4.78 is 0. The molecule has 1 aliphatic heterocycles. The van der Waals surface area contributed by atoms with Gasteiger partial charge in [0.15, 0.2) is 0 Å². The minimum Gasteiger partial charge on any atom is -0.286 e. The number of nitrogens with one attached hydrogen (secondary N) is 1. The second kappa shape index (κ2) is 1.81. The van der Waals surface area contributed by atoms with Gasteiger partial charge in [-0.15, -0.1) is 0 Å². The van der Waals surface area contributed by atoms with Crippen LogP contribution in [0, 0.1) is 0 Å². The van der Waals surface area contributed by atoms with Crippen molar-refractivity contribution in [1.29, 1.82) is 0 Å². The molecule has 4 heteroatoms. The third-order valence-corrected chi connectivity index (χ3v) is 0.847. The molecule has 46 valence electrons. The summed E-state index contributed by atoms with van der Waals surface area (Å²) in [4.78, 5) is 30.8. The quantitative estimate of drug-likeness (QED) is 0.325. The van der Waals surface area contributed by atoms with Crippen LogP contribution in [-0.2, 0) is 14.4 Å². The van der Waals surface area contributed by atoms with Gasteiger partial charge in [0, 0.05) is 6.08 Å². The minimum atomic E-state index is -0.859. The zero-order chi connectivity index (χ0) is 6.85. The molecule has 0 atom stereocenters. The highest BCUT2D eigenvalue weighted by molar-refractivity contribution is 6.45. The number of carbonyl (C=O) groups is 3. The molecule has 0 aliphatic carbocycles. The monoisotopic (exact) mass is 125 g/mol. The fraction of sp³-hybridized carbons (Fsp3) is 0. The maximum Gasteiger partial charge on any atom is 0.298 e. The summed E-state index contributed by atoms with van der Waals surface area (Å²) in [6.07, 6.45) is 1.96. The molecule has 1 rings (SSSR count). The van der Waals surface area contributed by atoms with E-state index in [0.717, 1.165) is 12.2 Å². The van der Waals surface area contributed by atoms with Gasteiger partial charge < -0.3 is 0 Å². The van der Waals surface area contributed by atoms with E-state index in [-0.39, 0.29) is 0 Å². The van der Waals surface area contributed by atoms with Crippen molar-refractivity contribution in [2.45, 2.75) is 0 Å². The molecule has 0 saturated carbocycles. The van der Waals surface area contributed by atoms with Crippen molar-refractivity contribution >= 4 is 17.6 Å². The molecule has 0 fully saturated rings. The van der Waals surface area contributed by atoms with Crippen LogP contribution >= 0.6 is 0 Å². The lowest BCUT2D eigenvalue weighted by Gasteiger charge is -2.00. The van der Waals surface area contributed by atoms with E-state index in [0.29, 0.717) is 0 Å². The first kappa shape index (κ1) is 5.68. The molecule has 0 bridgehead atoms. The Hall–Kier alpha value is -1.45. The molecule has 0 aromatic carbocycles. The molecule has 0 saturated heterocycles. The van der Waals surface area contributed by atoms with Crippen LogP contribution in [0.15, 0.2) is 12.2 Å². The van der Waals surface area contributed by atoms with Crippen molar-refractivity contribution in [2.24, 2.45) is 0 Å². The molecular formula is C5H3NO3. The van der Waals surface area contributed by atoms with Crippen LogP contribution in [0.1, 0.15) is 0 Å². The molecule has 0 aromatic rings. The van der Waals surface area contributed by atoms with E-state index in [1.165, 1.54) is 0 Å². The topological polar surface area (TPSA) is 63.2 Å². The van der Waals surface area contributed by atoms with Gasteiger partial charge in [-0.3, -0.25) is 19.7 Å². The molecule has 1 aliphatic rings. The van der Waals surface area contributed by atoms with Crippen molar-refractivity contribution in [1.82, 2.24) is 5.32 Å². The second-order valence-electron chi connectivity index (χ2n) is 1.52. The molecule has 0 unspecified atom stereocenters. The summed E-state index contributed by atoms with van der Waals surface area (Å²) in [6.45, 7) is 0. The van der Waals surface area contributed by atoms with Crippen LogP contribution in [0.5, 0.6) is 0 Å². The number of hydrogen-bond donors (Lipinski definition) is 1. The van der Waals surface area contributed by atoms with Crippen molar-refractivity contribution in [2.75, 3.05) is 0 Å². The lowest BCUT2D eigenvalue weighted by molar-refractivity contribution is -0.138. The predicted molar refractivity (Wildman–Crippen MR) is 27.3 cm³/mol. The number of imide groups is 1. The molecule has 0 radical (unpaired) electrons. The Morgan fingerprint density at radius 3 is 2.22 bits per heavy atom. The molecule has 0 aromatic heterocycles. The fourth-order valence-electron chi connectivity index (χ4n) is 0.442. The summed E-state index contributed by atoms with van der Waals surface area (Å²) in [5.74, 6) is -2.09. The number of hydrogen-bond acceptors (Lipinski definition) is 3. The lowest BCUT2D eigenvalue weighted by Crippen LogP contribution is -2.37. The number of rotatable bonds is 0. The first-order chi connectivity index (χ1) is 4.20. The van der Waals surface area contributed by atoms with E-state index in [2.05, 4.69) is 0 Å². The van der Waals surface area contributed by atoms with Crippen LogP contribution < -0.4 is 5.32 Å². The van der Waals surface area contributed by atoms with E-state index >= 15 is 0 Å². The highest BCUT2D eigenvalue weighted by atomic mass is 16.2. The zero-order valence-corrected chi connectivity index (χ0v) is 4.38. The fourth-order valence-corrected chi connectivity index (χ4v) is 0.442. The Balaban J connectivity index is 2.89. The molecule has 1 heterocycles. The first-order valence-corrected chi connectivity index (χ1v) is 2.27. The smallest absolute Gasteiger partial charge is 0.286 e. The molecule has 4 nitrogen and oxygen atoms in total. The van der Waals surface area contributed by atoms with Gasteiger partial charge in [-0.05, 0) is 6.08 Å². The van der Waals surface area contributed by atoms with Gasteiger partial charge in [0.1, 0.15) is 0 Å². The Morgan fingerprint density at radius 1 is 1.11 bits per heavy atom. The average molecular weight is 125 g/mol. The summed E-state index contributed by atoms with van der Waals surface area (Å²) >= 11 is 0.